The van der Waals surface area contributed by atoms with Crippen molar-refractivity contribution in [3.05, 3.63) is 44.6 Å². The number of anilines is 1. The SMILES string of the molecule is Cc1ccc(NS(=O)(=O)c2c(C)csc2CN)c(Cl)c1. The number of sulfonamides is 1. The van der Waals surface area contributed by atoms with Crippen molar-refractivity contribution in [1.82, 2.24) is 0 Å². The second-order valence-electron chi connectivity index (χ2n) is 4.46. The third-order valence-corrected chi connectivity index (χ3v) is 5.98. The molecule has 0 bridgehead atoms. The van der Waals surface area contributed by atoms with E-state index in [1.807, 2.05) is 6.92 Å². The maximum absolute atomic E-state index is 12.5. The van der Waals surface area contributed by atoms with Crippen molar-refractivity contribution in [2.45, 2.75) is 25.3 Å². The molecule has 0 saturated heterocycles. The van der Waals surface area contributed by atoms with Crippen LogP contribution in [0.5, 0.6) is 0 Å². The molecule has 1 aromatic heterocycles. The van der Waals surface area contributed by atoms with Crippen molar-refractivity contribution in [2.75, 3.05) is 4.72 Å². The molecular formula is C13H15ClN2O2S2. The minimum Gasteiger partial charge on any atom is -0.326 e. The zero-order valence-electron chi connectivity index (χ0n) is 11.1. The van der Waals surface area contributed by atoms with E-state index in [-0.39, 0.29) is 11.4 Å². The van der Waals surface area contributed by atoms with E-state index in [4.69, 9.17) is 17.3 Å². The molecule has 0 unspecified atom stereocenters. The number of hydrogen-bond donors (Lipinski definition) is 2. The van der Waals surface area contributed by atoms with Crippen LogP contribution in [0.1, 0.15) is 16.0 Å². The van der Waals surface area contributed by atoms with Crippen LogP contribution >= 0.6 is 22.9 Å². The highest BCUT2D eigenvalue weighted by Gasteiger charge is 2.23. The fourth-order valence-corrected chi connectivity index (χ4v) is 5.01. The smallest absolute Gasteiger partial charge is 0.263 e. The van der Waals surface area contributed by atoms with Gasteiger partial charge < -0.3 is 5.73 Å². The Labute approximate surface area is 127 Å². The summed E-state index contributed by atoms with van der Waals surface area (Å²) < 4.78 is 27.5. The molecule has 0 aliphatic heterocycles. The maximum Gasteiger partial charge on any atom is 0.263 e. The molecular weight excluding hydrogens is 316 g/mol. The number of nitrogens with one attached hydrogen (secondary N) is 1. The Balaban J connectivity index is 2.43. The lowest BCUT2D eigenvalue weighted by Gasteiger charge is -2.11. The van der Waals surface area contributed by atoms with E-state index in [1.54, 1.807) is 30.5 Å². The number of rotatable bonds is 4. The number of thiophene rings is 1. The zero-order valence-corrected chi connectivity index (χ0v) is 13.5. The summed E-state index contributed by atoms with van der Waals surface area (Å²) in [5, 5.41) is 2.16. The van der Waals surface area contributed by atoms with Crippen molar-refractivity contribution in [1.29, 1.82) is 0 Å². The summed E-state index contributed by atoms with van der Waals surface area (Å²) in [5.74, 6) is 0. The molecule has 2 aromatic rings. The van der Waals surface area contributed by atoms with E-state index in [1.165, 1.54) is 11.3 Å². The summed E-state index contributed by atoms with van der Waals surface area (Å²) >= 11 is 7.40. The maximum atomic E-state index is 12.5. The van der Waals surface area contributed by atoms with E-state index in [9.17, 15) is 8.42 Å². The monoisotopic (exact) mass is 330 g/mol. The Morgan fingerprint density at radius 2 is 2.05 bits per heavy atom. The summed E-state index contributed by atoms with van der Waals surface area (Å²) in [6.07, 6.45) is 0. The minimum atomic E-state index is -3.68. The van der Waals surface area contributed by atoms with Crippen molar-refractivity contribution in [2.24, 2.45) is 5.73 Å². The van der Waals surface area contributed by atoms with E-state index < -0.39 is 10.0 Å². The van der Waals surface area contributed by atoms with Gasteiger partial charge in [0.25, 0.3) is 10.0 Å². The van der Waals surface area contributed by atoms with Crippen molar-refractivity contribution in [3.8, 4) is 0 Å². The first-order valence-electron chi connectivity index (χ1n) is 5.91. The lowest BCUT2D eigenvalue weighted by molar-refractivity contribution is 0.600. The predicted molar refractivity (Wildman–Crippen MR) is 83.9 cm³/mol. The van der Waals surface area contributed by atoms with Gasteiger partial charge in [0.1, 0.15) is 4.90 Å². The number of benzene rings is 1. The summed E-state index contributed by atoms with van der Waals surface area (Å²) in [5.41, 5.74) is 7.61. The Morgan fingerprint density at radius 1 is 1.35 bits per heavy atom. The quantitative estimate of drug-likeness (QED) is 0.903. The Morgan fingerprint density at radius 3 is 2.65 bits per heavy atom. The Hall–Kier alpha value is -1.08. The summed E-state index contributed by atoms with van der Waals surface area (Å²) in [6.45, 7) is 3.83. The van der Waals surface area contributed by atoms with Crippen LogP contribution in [-0.2, 0) is 16.6 Å². The largest absolute Gasteiger partial charge is 0.326 e. The van der Waals surface area contributed by atoms with Gasteiger partial charge in [-0.25, -0.2) is 8.42 Å². The molecule has 0 fully saturated rings. The average molecular weight is 331 g/mol. The standard InChI is InChI=1S/C13H15ClN2O2S2/c1-8-3-4-11(10(14)5-8)16-20(17,18)13-9(2)7-19-12(13)6-15/h3-5,7,16H,6,15H2,1-2H3. The summed E-state index contributed by atoms with van der Waals surface area (Å²) in [6, 6.07) is 5.16. The van der Waals surface area contributed by atoms with Gasteiger partial charge in [-0.3, -0.25) is 4.72 Å². The molecule has 0 aliphatic carbocycles. The molecule has 0 atom stereocenters. The second kappa shape index (κ2) is 5.73. The third-order valence-electron chi connectivity index (χ3n) is 2.81. The minimum absolute atomic E-state index is 0.191. The number of hydrogen-bond acceptors (Lipinski definition) is 4. The van der Waals surface area contributed by atoms with Crippen LogP contribution in [0.4, 0.5) is 5.69 Å². The summed E-state index contributed by atoms with van der Waals surface area (Å²) in [7, 11) is -3.68. The van der Waals surface area contributed by atoms with E-state index in [2.05, 4.69) is 4.72 Å². The highest BCUT2D eigenvalue weighted by atomic mass is 35.5. The van der Waals surface area contributed by atoms with Crippen LogP contribution in [-0.4, -0.2) is 8.42 Å². The summed E-state index contributed by atoms with van der Waals surface area (Å²) in [4.78, 5) is 0.889. The molecule has 2 rings (SSSR count). The molecule has 1 aromatic carbocycles. The number of aryl methyl sites for hydroxylation is 2. The predicted octanol–water partition coefficient (Wildman–Crippen LogP) is 3.28. The van der Waals surface area contributed by atoms with Crippen LogP contribution in [0.25, 0.3) is 0 Å². The van der Waals surface area contributed by atoms with E-state index in [0.717, 1.165) is 5.56 Å². The van der Waals surface area contributed by atoms with Crippen molar-refractivity contribution in [3.63, 3.8) is 0 Å². The molecule has 20 heavy (non-hydrogen) atoms. The van der Waals surface area contributed by atoms with Gasteiger partial charge in [0, 0.05) is 11.4 Å². The van der Waals surface area contributed by atoms with Crippen LogP contribution in [0, 0.1) is 13.8 Å². The van der Waals surface area contributed by atoms with E-state index >= 15 is 0 Å². The first kappa shape index (κ1) is 15.3. The van der Waals surface area contributed by atoms with Crippen molar-refractivity contribution < 1.29 is 8.42 Å². The number of nitrogens with two attached hydrogens (primary N) is 1. The molecule has 0 spiro atoms. The molecule has 7 heteroatoms. The first-order chi connectivity index (χ1) is 9.35. The van der Waals surface area contributed by atoms with Gasteiger partial charge in [0.15, 0.2) is 0 Å². The third kappa shape index (κ3) is 2.98. The van der Waals surface area contributed by atoms with Crippen LogP contribution in [0.15, 0.2) is 28.5 Å². The Bertz CT molecular complexity index is 739. The molecule has 3 N–H and O–H groups in total. The van der Waals surface area contributed by atoms with Gasteiger partial charge in [-0.05, 0) is 42.5 Å². The fraction of sp³-hybridized carbons (Fsp3) is 0.231. The topological polar surface area (TPSA) is 72.2 Å². The van der Waals surface area contributed by atoms with Gasteiger partial charge in [0.05, 0.1) is 10.7 Å². The highest BCUT2D eigenvalue weighted by Crippen LogP contribution is 2.30. The Kier molecular flexibility index (Phi) is 4.39. The van der Waals surface area contributed by atoms with Gasteiger partial charge in [-0.15, -0.1) is 11.3 Å². The molecule has 0 saturated carbocycles. The van der Waals surface area contributed by atoms with Crippen LogP contribution < -0.4 is 10.5 Å². The average Bonchev–Trinajstić information content (AvgIpc) is 2.75. The first-order valence-corrected chi connectivity index (χ1v) is 8.65. The second-order valence-corrected chi connectivity index (χ2v) is 7.45. The van der Waals surface area contributed by atoms with Crippen LogP contribution in [0.2, 0.25) is 5.02 Å². The number of halogens is 1. The molecule has 4 nitrogen and oxygen atoms in total. The highest BCUT2D eigenvalue weighted by molar-refractivity contribution is 7.93. The lowest BCUT2D eigenvalue weighted by atomic mass is 10.2. The van der Waals surface area contributed by atoms with E-state index in [0.29, 0.717) is 21.2 Å². The van der Waals surface area contributed by atoms with Gasteiger partial charge in [-0.1, -0.05) is 17.7 Å². The van der Waals surface area contributed by atoms with Crippen LogP contribution in [0.3, 0.4) is 0 Å². The molecule has 1 heterocycles. The normalized spacial score (nSPS) is 11.6. The van der Waals surface area contributed by atoms with Crippen molar-refractivity contribution >= 4 is 38.6 Å². The lowest BCUT2D eigenvalue weighted by Crippen LogP contribution is -2.16. The molecule has 0 amide bonds. The molecule has 0 radical (unpaired) electrons. The zero-order chi connectivity index (χ0) is 14.9. The van der Waals surface area contributed by atoms with Gasteiger partial charge in [0.2, 0.25) is 0 Å². The molecule has 108 valence electrons. The fourth-order valence-electron chi connectivity index (χ4n) is 1.89. The van der Waals surface area contributed by atoms with Gasteiger partial charge >= 0.3 is 0 Å². The van der Waals surface area contributed by atoms with Gasteiger partial charge in [-0.2, -0.15) is 0 Å². The molecule has 0 aliphatic rings.